The summed E-state index contributed by atoms with van der Waals surface area (Å²) in [6, 6.07) is 0. The largest absolute Gasteiger partial charge is 0.340 e. The molecule has 1 amide bonds. The molecule has 5 heteroatoms. The van der Waals surface area contributed by atoms with Crippen LogP contribution in [0.1, 0.15) is 26.7 Å². The summed E-state index contributed by atoms with van der Waals surface area (Å²) in [5, 5.41) is 0. The summed E-state index contributed by atoms with van der Waals surface area (Å²) in [6.07, 6.45) is 1.66. The van der Waals surface area contributed by atoms with Crippen LogP contribution < -0.4 is 5.73 Å². The van der Waals surface area contributed by atoms with Crippen LogP contribution in [-0.4, -0.2) is 80.5 Å². The van der Waals surface area contributed by atoms with Gasteiger partial charge in [0, 0.05) is 45.7 Å². The van der Waals surface area contributed by atoms with Crippen molar-refractivity contribution in [1.29, 1.82) is 0 Å². The average Bonchev–Trinajstić information content (AvgIpc) is 2.44. The Hall–Kier alpha value is -0.650. The highest BCUT2D eigenvalue weighted by Gasteiger charge is 2.23. The minimum Gasteiger partial charge on any atom is -0.340 e. The van der Waals surface area contributed by atoms with Crippen LogP contribution >= 0.6 is 0 Å². The zero-order chi connectivity index (χ0) is 15.8. The second-order valence-electron chi connectivity index (χ2n) is 6.96. The van der Waals surface area contributed by atoms with E-state index < -0.39 is 0 Å². The molecule has 1 aliphatic heterocycles. The van der Waals surface area contributed by atoms with Crippen molar-refractivity contribution in [1.82, 2.24) is 14.7 Å². The molecule has 0 radical (unpaired) electrons. The lowest BCUT2D eigenvalue weighted by molar-refractivity contribution is -0.134. The molecule has 5 nitrogen and oxygen atoms in total. The van der Waals surface area contributed by atoms with E-state index in [4.69, 9.17) is 5.73 Å². The Morgan fingerprint density at radius 2 is 1.81 bits per heavy atom. The Kier molecular flexibility index (Phi) is 8.22. The van der Waals surface area contributed by atoms with E-state index in [0.717, 1.165) is 45.7 Å². The predicted octanol–water partition coefficient (Wildman–Crippen LogP) is 0.703. The van der Waals surface area contributed by atoms with E-state index in [1.807, 2.05) is 4.90 Å². The van der Waals surface area contributed by atoms with Crippen molar-refractivity contribution < 1.29 is 4.79 Å². The molecule has 1 fully saturated rings. The molecule has 1 atom stereocenters. The third kappa shape index (κ3) is 7.25. The van der Waals surface area contributed by atoms with Gasteiger partial charge in [-0.25, -0.2) is 0 Å². The van der Waals surface area contributed by atoms with Crippen molar-refractivity contribution >= 4 is 5.91 Å². The van der Waals surface area contributed by atoms with Crippen molar-refractivity contribution in [3.63, 3.8) is 0 Å². The van der Waals surface area contributed by atoms with Gasteiger partial charge in [0.25, 0.3) is 0 Å². The Bertz CT molecular complexity index is 299. The van der Waals surface area contributed by atoms with E-state index in [2.05, 4.69) is 37.7 Å². The van der Waals surface area contributed by atoms with E-state index in [0.29, 0.717) is 30.7 Å². The first-order valence-electron chi connectivity index (χ1n) is 8.27. The molecule has 124 valence electrons. The number of hydrogen-bond donors (Lipinski definition) is 1. The SMILES string of the molecule is CC(C)CC(CN)CC(=O)N1CCN(CCN(C)C)CC1. The summed E-state index contributed by atoms with van der Waals surface area (Å²) in [5.41, 5.74) is 5.81. The van der Waals surface area contributed by atoms with Crippen LogP contribution in [0.15, 0.2) is 0 Å². The Balaban J connectivity index is 2.30. The highest BCUT2D eigenvalue weighted by Crippen LogP contribution is 2.16. The Morgan fingerprint density at radius 1 is 1.19 bits per heavy atom. The van der Waals surface area contributed by atoms with Crippen molar-refractivity contribution in [3.8, 4) is 0 Å². The van der Waals surface area contributed by atoms with Gasteiger partial charge in [-0.05, 0) is 38.9 Å². The molecule has 1 heterocycles. The van der Waals surface area contributed by atoms with Gasteiger partial charge in [0.15, 0.2) is 0 Å². The summed E-state index contributed by atoms with van der Waals surface area (Å²) in [5.74, 6) is 1.23. The van der Waals surface area contributed by atoms with Crippen molar-refractivity contribution in [3.05, 3.63) is 0 Å². The molecule has 0 aromatic carbocycles. The highest BCUT2D eigenvalue weighted by molar-refractivity contribution is 5.76. The second-order valence-corrected chi connectivity index (χ2v) is 6.96. The minimum absolute atomic E-state index is 0.290. The fourth-order valence-corrected chi connectivity index (χ4v) is 2.87. The summed E-state index contributed by atoms with van der Waals surface area (Å²) < 4.78 is 0. The van der Waals surface area contributed by atoms with E-state index in [9.17, 15) is 4.79 Å². The molecule has 0 aliphatic carbocycles. The molecule has 0 spiro atoms. The lowest BCUT2D eigenvalue weighted by Crippen LogP contribution is -2.50. The normalized spacial score (nSPS) is 18.5. The van der Waals surface area contributed by atoms with Gasteiger partial charge in [-0.2, -0.15) is 0 Å². The van der Waals surface area contributed by atoms with E-state index in [1.54, 1.807) is 0 Å². The maximum atomic E-state index is 12.4. The van der Waals surface area contributed by atoms with Gasteiger partial charge in [-0.3, -0.25) is 9.69 Å². The first kappa shape index (κ1) is 18.4. The molecule has 2 N–H and O–H groups in total. The maximum absolute atomic E-state index is 12.4. The molecular weight excluding hydrogens is 264 g/mol. The molecule has 0 aromatic rings. The second kappa shape index (κ2) is 9.38. The standard InChI is InChI=1S/C16H34N4O/c1-14(2)11-15(13-17)12-16(21)20-9-7-19(8-10-20)6-5-18(3)4/h14-15H,5-13,17H2,1-4H3. The number of nitrogens with zero attached hydrogens (tertiary/aromatic N) is 3. The van der Waals surface area contributed by atoms with Crippen LogP contribution in [0, 0.1) is 11.8 Å². The number of amides is 1. The molecule has 0 aromatic heterocycles. The average molecular weight is 298 g/mol. The molecule has 0 saturated carbocycles. The number of likely N-dealkylation sites (N-methyl/N-ethyl adjacent to an activating group) is 1. The molecule has 1 aliphatic rings. The summed E-state index contributed by atoms with van der Waals surface area (Å²) in [4.78, 5) is 19.0. The molecule has 1 unspecified atom stereocenters. The van der Waals surface area contributed by atoms with Gasteiger partial charge >= 0.3 is 0 Å². The lowest BCUT2D eigenvalue weighted by Gasteiger charge is -2.35. The van der Waals surface area contributed by atoms with Gasteiger partial charge in [0.1, 0.15) is 0 Å². The third-order valence-electron chi connectivity index (χ3n) is 4.19. The quantitative estimate of drug-likeness (QED) is 0.717. The monoisotopic (exact) mass is 298 g/mol. The molecule has 21 heavy (non-hydrogen) atoms. The fourth-order valence-electron chi connectivity index (χ4n) is 2.87. The summed E-state index contributed by atoms with van der Waals surface area (Å²) in [7, 11) is 4.20. The molecule has 1 saturated heterocycles. The third-order valence-corrected chi connectivity index (χ3v) is 4.19. The zero-order valence-corrected chi connectivity index (χ0v) is 14.3. The van der Waals surface area contributed by atoms with Crippen LogP contribution in [0.4, 0.5) is 0 Å². The first-order valence-corrected chi connectivity index (χ1v) is 8.27. The van der Waals surface area contributed by atoms with Crippen molar-refractivity contribution in [2.24, 2.45) is 17.6 Å². The van der Waals surface area contributed by atoms with Gasteiger partial charge in [0.05, 0.1) is 0 Å². The lowest BCUT2D eigenvalue weighted by atomic mass is 9.93. The van der Waals surface area contributed by atoms with Gasteiger partial charge in [-0.1, -0.05) is 13.8 Å². The minimum atomic E-state index is 0.290. The van der Waals surface area contributed by atoms with Crippen LogP contribution in [-0.2, 0) is 4.79 Å². The van der Waals surface area contributed by atoms with Gasteiger partial charge < -0.3 is 15.5 Å². The van der Waals surface area contributed by atoms with Crippen LogP contribution in [0.5, 0.6) is 0 Å². The Morgan fingerprint density at radius 3 is 2.29 bits per heavy atom. The van der Waals surface area contributed by atoms with E-state index in [-0.39, 0.29) is 0 Å². The number of carbonyl (C=O) groups is 1. The Labute approximate surface area is 130 Å². The molecule has 1 rings (SSSR count). The number of rotatable bonds is 8. The summed E-state index contributed by atoms with van der Waals surface area (Å²) >= 11 is 0. The van der Waals surface area contributed by atoms with E-state index >= 15 is 0 Å². The number of hydrogen-bond acceptors (Lipinski definition) is 4. The van der Waals surface area contributed by atoms with Crippen molar-refractivity contribution in [2.75, 3.05) is 59.9 Å². The topological polar surface area (TPSA) is 52.8 Å². The van der Waals surface area contributed by atoms with Crippen LogP contribution in [0.25, 0.3) is 0 Å². The molecule has 0 bridgehead atoms. The molecular formula is C16H34N4O. The maximum Gasteiger partial charge on any atom is 0.222 e. The number of carbonyl (C=O) groups excluding carboxylic acids is 1. The zero-order valence-electron chi connectivity index (χ0n) is 14.3. The van der Waals surface area contributed by atoms with Gasteiger partial charge in [0.2, 0.25) is 5.91 Å². The smallest absolute Gasteiger partial charge is 0.222 e. The van der Waals surface area contributed by atoms with Crippen LogP contribution in [0.3, 0.4) is 0 Å². The number of piperazine rings is 1. The summed E-state index contributed by atoms with van der Waals surface area (Å²) in [6.45, 7) is 10.9. The highest BCUT2D eigenvalue weighted by atomic mass is 16.2. The van der Waals surface area contributed by atoms with Gasteiger partial charge in [-0.15, -0.1) is 0 Å². The van der Waals surface area contributed by atoms with Crippen LogP contribution in [0.2, 0.25) is 0 Å². The first-order chi connectivity index (χ1) is 9.92. The van der Waals surface area contributed by atoms with E-state index in [1.165, 1.54) is 0 Å². The van der Waals surface area contributed by atoms with Crippen molar-refractivity contribution in [2.45, 2.75) is 26.7 Å². The number of nitrogens with two attached hydrogens (primary N) is 1. The predicted molar refractivity (Wildman–Crippen MR) is 88.2 cm³/mol. The fraction of sp³-hybridized carbons (Fsp3) is 0.938.